The molecule has 1 aromatic carbocycles. The number of likely N-dealkylation sites (tertiary alicyclic amines) is 1. The summed E-state index contributed by atoms with van der Waals surface area (Å²) >= 11 is 0. The molecule has 2 aromatic heterocycles. The Hall–Kier alpha value is -5.46. The number of alkyl halides is 12. The summed E-state index contributed by atoms with van der Waals surface area (Å²) < 4.78 is 129. The predicted molar refractivity (Wildman–Crippen MR) is 170 cm³/mol. The van der Waals surface area contributed by atoms with Crippen LogP contribution in [-0.2, 0) is 37.8 Å². The number of likely N-dealkylation sites (N-methyl/N-ethyl adjacent to an activating group) is 1. The van der Waals surface area contributed by atoms with Crippen LogP contribution in [0.2, 0.25) is 0 Å². The molecule has 2 aliphatic rings. The summed E-state index contributed by atoms with van der Waals surface area (Å²) in [5.74, 6) is -9.76. The molecule has 3 aromatic rings. The number of hydrogen-bond donors (Lipinski definition) is 4. The summed E-state index contributed by atoms with van der Waals surface area (Å²) in [5.41, 5.74) is 3.88. The third kappa shape index (κ3) is 15.9. The van der Waals surface area contributed by atoms with E-state index in [2.05, 4.69) is 68.9 Å². The van der Waals surface area contributed by atoms with Crippen molar-refractivity contribution in [3.05, 3.63) is 72.4 Å². The molecule has 0 aliphatic carbocycles. The molecule has 2 aliphatic heterocycles. The van der Waals surface area contributed by atoms with E-state index in [1.165, 1.54) is 22.6 Å². The van der Waals surface area contributed by atoms with Gasteiger partial charge in [-0.15, -0.1) is 0 Å². The number of aromatic nitrogens is 3. The number of piperidine rings is 1. The fourth-order valence-corrected chi connectivity index (χ4v) is 5.22. The third-order valence-corrected chi connectivity index (χ3v) is 7.70. The van der Waals surface area contributed by atoms with Crippen molar-refractivity contribution in [3.63, 3.8) is 0 Å². The first-order valence-electron chi connectivity index (χ1n) is 15.8. The minimum atomic E-state index is -5.08. The largest absolute Gasteiger partial charge is 0.490 e. The molecule has 0 bridgehead atoms. The number of carboxylic acid groups (broad SMARTS) is 4. The van der Waals surface area contributed by atoms with E-state index in [1.807, 2.05) is 18.5 Å². The normalized spacial score (nSPS) is 15.4. The van der Waals surface area contributed by atoms with E-state index in [0.717, 1.165) is 52.1 Å². The second-order valence-electron chi connectivity index (χ2n) is 11.4. The number of carboxylic acids is 4. The highest BCUT2D eigenvalue weighted by Gasteiger charge is 2.47. The first-order chi connectivity index (χ1) is 26.1. The number of carbonyl (C=O) groups is 4. The summed E-state index contributed by atoms with van der Waals surface area (Å²) in [6.07, 6.45) is -12.1. The molecule has 318 valence electrons. The maximum absolute atomic E-state index is 10.6. The zero-order valence-electron chi connectivity index (χ0n) is 29.1. The van der Waals surface area contributed by atoms with Crippen molar-refractivity contribution in [2.45, 2.75) is 63.1 Å². The van der Waals surface area contributed by atoms with Crippen molar-refractivity contribution < 1.29 is 92.3 Å². The van der Waals surface area contributed by atoms with Gasteiger partial charge < -0.3 is 25.0 Å². The maximum atomic E-state index is 10.6. The van der Waals surface area contributed by atoms with Crippen LogP contribution in [0.4, 0.5) is 52.7 Å². The molecular formula is C32H33F12N5O8. The van der Waals surface area contributed by atoms with E-state index in [9.17, 15) is 52.7 Å². The second-order valence-corrected chi connectivity index (χ2v) is 11.4. The monoisotopic (exact) mass is 843 g/mol. The third-order valence-electron chi connectivity index (χ3n) is 7.70. The van der Waals surface area contributed by atoms with Crippen molar-refractivity contribution in [2.24, 2.45) is 0 Å². The van der Waals surface area contributed by atoms with Crippen molar-refractivity contribution >= 4 is 23.9 Å². The highest BCUT2D eigenvalue weighted by molar-refractivity contribution is 5.74. The van der Waals surface area contributed by atoms with Gasteiger partial charge in [-0.1, -0.05) is 43.3 Å². The molecule has 1 spiro atoms. The van der Waals surface area contributed by atoms with Crippen molar-refractivity contribution in [2.75, 3.05) is 26.2 Å². The van der Waals surface area contributed by atoms with Gasteiger partial charge in [0, 0.05) is 45.1 Å². The van der Waals surface area contributed by atoms with Crippen LogP contribution < -0.4 is 0 Å². The maximum Gasteiger partial charge on any atom is 0.490 e. The molecule has 4 heterocycles. The number of rotatable bonds is 4. The number of nitrogens with zero attached hydrogens (tertiary/aromatic N) is 5. The summed E-state index contributed by atoms with van der Waals surface area (Å²) in [5, 5.41) is 28.5. The average Bonchev–Trinajstić information content (AvgIpc) is 3.55. The fourth-order valence-electron chi connectivity index (χ4n) is 5.22. The van der Waals surface area contributed by atoms with Crippen LogP contribution in [0.3, 0.4) is 0 Å². The molecule has 4 N–H and O–H groups in total. The lowest BCUT2D eigenvalue weighted by Gasteiger charge is -2.50. The summed E-state index contributed by atoms with van der Waals surface area (Å²) in [4.78, 5) is 50.1. The van der Waals surface area contributed by atoms with Gasteiger partial charge in [0.25, 0.3) is 0 Å². The minimum Gasteiger partial charge on any atom is -0.475 e. The Bertz CT molecular complexity index is 1650. The molecule has 1 saturated heterocycles. The molecule has 25 heteroatoms. The molecule has 1 fully saturated rings. The van der Waals surface area contributed by atoms with Gasteiger partial charge in [-0.25, -0.2) is 24.2 Å². The predicted octanol–water partition coefficient (Wildman–Crippen LogP) is 6.31. The first-order valence-corrected chi connectivity index (χ1v) is 15.8. The highest BCUT2D eigenvalue weighted by Crippen LogP contribution is 2.42. The Morgan fingerprint density at radius 2 is 1.09 bits per heavy atom. The van der Waals surface area contributed by atoms with Crippen LogP contribution in [0.25, 0.3) is 11.3 Å². The molecule has 5 rings (SSSR count). The van der Waals surface area contributed by atoms with Gasteiger partial charge >= 0.3 is 48.6 Å². The van der Waals surface area contributed by atoms with Crippen LogP contribution in [0.15, 0.2) is 61.1 Å². The van der Waals surface area contributed by atoms with Crippen LogP contribution in [0.5, 0.6) is 0 Å². The number of pyridine rings is 1. The van der Waals surface area contributed by atoms with E-state index in [4.69, 9.17) is 44.6 Å². The number of hydrogen-bond acceptors (Lipinski definition) is 8. The molecule has 0 saturated carbocycles. The van der Waals surface area contributed by atoms with Gasteiger partial charge in [-0.3, -0.25) is 14.8 Å². The standard InChI is InChI=1S/C24H29N5.4C2HF3O2/c1-2-28-15-16-29-22(21-8-4-3-5-9-21)18-26-23(29)24(28)10-13-27(14-11-24)19-20-7-6-12-25-17-20;4*3-2(4,5)1(6)7/h3-9,12,17-18H,2,10-11,13-16,19H2,1H3;4*(H,6,7). The number of benzene rings is 1. The number of halogens is 12. The van der Waals surface area contributed by atoms with Gasteiger partial charge in [0.05, 0.1) is 17.4 Å². The lowest BCUT2D eigenvalue weighted by atomic mass is 9.83. The average molecular weight is 844 g/mol. The first kappa shape index (κ1) is 49.6. The zero-order chi connectivity index (χ0) is 44.0. The van der Waals surface area contributed by atoms with E-state index < -0.39 is 48.6 Å². The number of imidazole rings is 1. The van der Waals surface area contributed by atoms with Crippen LogP contribution in [-0.4, -0.2) is 120 Å². The van der Waals surface area contributed by atoms with Gasteiger partial charge in [0.15, 0.2) is 0 Å². The lowest BCUT2D eigenvalue weighted by molar-refractivity contribution is -0.193. The Morgan fingerprint density at radius 1 is 0.649 bits per heavy atom. The Morgan fingerprint density at radius 3 is 1.46 bits per heavy atom. The molecule has 13 nitrogen and oxygen atoms in total. The minimum absolute atomic E-state index is 0.0610. The van der Waals surface area contributed by atoms with E-state index in [0.29, 0.717) is 0 Å². The SMILES string of the molecule is CCN1CCn2c(-c3ccccc3)cnc2C12CCN(Cc1cccnc1)CC2.O=C(O)C(F)(F)F.O=C(O)C(F)(F)F.O=C(O)C(F)(F)F.O=C(O)C(F)(F)F. The van der Waals surface area contributed by atoms with Crippen molar-refractivity contribution in [3.8, 4) is 11.3 Å². The summed E-state index contributed by atoms with van der Waals surface area (Å²) in [6, 6.07) is 14.9. The van der Waals surface area contributed by atoms with Gasteiger partial charge in [-0.2, -0.15) is 52.7 Å². The van der Waals surface area contributed by atoms with E-state index >= 15 is 0 Å². The lowest BCUT2D eigenvalue weighted by Crippen LogP contribution is -2.57. The second kappa shape index (κ2) is 20.6. The molecule has 0 amide bonds. The van der Waals surface area contributed by atoms with Gasteiger partial charge in [-0.05, 0) is 36.6 Å². The Balaban J connectivity index is 0.000000473. The van der Waals surface area contributed by atoms with Crippen LogP contribution >= 0.6 is 0 Å². The van der Waals surface area contributed by atoms with Gasteiger partial charge in [0.2, 0.25) is 0 Å². The smallest absolute Gasteiger partial charge is 0.475 e. The molecular weight excluding hydrogens is 810 g/mol. The quantitative estimate of drug-likeness (QED) is 0.215. The highest BCUT2D eigenvalue weighted by atomic mass is 19.4. The Kier molecular flexibility index (Phi) is 17.9. The fraction of sp³-hybridized carbons (Fsp3) is 0.438. The molecule has 0 radical (unpaired) electrons. The number of fused-ring (bicyclic) bond motifs is 2. The topological polar surface area (TPSA) is 186 Å². The van der Waals surface area contributed by atoms with Crippen LogP contribution in [0.1, 0.15) is 31.2 Å². The molecule has 0 unspecified atom stereocenters. The van der Waals surface area contributed by atoms with E-state index in [-0.39, 0.29) is 5.54 Å². The summed E-state index contributed by atoms with van der Waals surface area (Å²) in [7, 11) is 0. The van der Waals surface area contributed by atoms with Gasteiger partial charge in [0.1, 0.15) is 5.82 Å². The van der Waals surface area contributed by atoms with Crippen molar-refractivity contribution in [1.29, 1.82) is 0 Å². The Labute approximate surface area is 313 Å². The zero-order valence-corrected chi connectivity index (χ0v) is 29.1. The number of aliphatic carboxylic acids is 4. The summed E-state index contributed by atoms with van der Waals surface area (Å²) in [6.45, 7) is 8.67. The van der Waals surface area contributed by atoms with Crippen molar-refractivity contribution in [1.82, 2.24) is 24.3 Å². The van der Waals surface area contributed by atoms with E-state index in [1.54, 1.807) is 0 Å². The van der Waals surface area contributed by atoms with Crippen LogP contribution in [0, 0.1) is 0 Å². The molecule has 0 atom stereocenters. The molecule has 57 heavy (non-hydrogen) atoms.